The fourth-order valence-electron chi connectivity index (χ4n) is 0.705. The van der Waals surface area contributed by atoms with Crippen LogP contribution in [0.4, 0.5) is 4.79 Å². The van der Waals surface area contributed by atoms with Crippen LogP contribution in [-0.4, -0.2) is 28.0 Å². The minimum absolute atomic E-state index is 0.479. The lowest BCUT2D eigenvalue weighted by molar-refractivity contribution is -0.128. The van der Waals surface area contributed by atoms with Crippen molar-refractivity contribution >= 4 is 11.9 Å². The van der Waals surface area contributed by atoms with Gasteiger partial charge >= 0.3 is 6.03 Å². The van der Waals surface area contributed by atoms with Gasteiger partial charge in [0.15, 0.2) is 0 Å². The van der Waals surface area contributed by atoms with Crippen LogP contribution in [0.25, 0.3) is 0 Å². The minimum atomic E-state index is -0.669. The second-order valence-electron chi connectivity index (χ2n) is 2.07. The third-order valence-electron chi connectivity index (χ3n) is 1.44. The lowest BCUT2D eigenvalue weighted by Crippen LogP contribution is -2.41. The summed E-state index contributed by atoms with van der Waals surface area (Å²) < 4.78 is 0. The maximum Gasteiger partial charge on any atom is 0.356 e. The van der Waals surface area contributed by atoms with Crippen molar-refractivity contribution in [2.45, 2.75) is 13.0 Å². The van der Waals surface area contributed by atoms with Crippen LogP contribution in [0.3, 0.4) is 0 Å². The second kappa shape index (κ2) is 1.93. The number of hydrazine groups is 2. The standard InChI is InChI=1S/C4H8N4O2/c1-2-3(9)8(6)4(10)7(2)5/h2H,5-6H2,1H3. The van der Waals surface area contributed by atoms with Crippen LogP contribution in [0.2, 0.25) is 0 Å². The van der Waals surface area contributed by atoms with Gasteiger partial charge in [-0.1, -0.05) is 0 Å². The number of imide groups is 1. The van der Waals surface area contributed by atoms with Gasteiger partial charge in [0, 0.05) is 0 Å². The van der Waals surface area contributed by atoms with Crippen LogP contribution in [0.5, 0.6) is 0 Å². The van der Waals surface area contributed by atoms with Gasteiger partial charge in [-0.2, -0.15) is 5.01 Å². The number of nitrogens with two attached hydrogens (primary N) is 2. The van der Waals surface area contributed by atoms with Gasteiger partial charge in [0.25, 0.3) is 5.91 Å². The summed E-state index contributed by atoms with van der Waals surface area (Å²) in [5, 5.41) is 1.30. The number of carbonyl (C=O) groups is 2. The molecule has 0 aromatic heterocycles. The van der Waals surface area contributed by atoms with Crippen molar-refractivity contribution in [2.24, 2.45) is 11.7 Å². The Bertz CT molecular complexity index is 172. The average molecular weight is 144 g/mol. The lowest BCUT2D eigenvalue weighted by atomic mass is 10.3. The molecule has 0 radical (unpaired) electrons. The number of hydrogen-bond donors (Lipinski definition) is 2. The van der Waals surface area contributed by atoms with Crippen molar-refractivity contribution in [1.29, 1.82) is 0 Å². The van der Waals surface area contributed by atoms with E-state index in [1.807, 2.05) is 0 Å². The molecule has 1 unspecified atom stereocenters. The molecular formula is C4H8N4O2. The molecule has 0 spiro atoms. The predicted molar refractivity (Wildman–Crippen MR) is 31.9 cm³/mol. The molecule has 10 heavy (non-hydrogen) atoms. The summed E-state index contributed by atoms with van der Waals surface area (Å²) in [6.45, 7) is 1.51. The molecule has 1 aliphatic heterocycles. The Kier molecular flexibility index (Phi) is 1.34. The molecule has 0 bridgehead atoms. The zero-order valence-corrected chi connectivity index (χ0v) is 5.44. The molecule has 4 N–H and O–H groups in total. The van der Waals surface area contributed by atoms with Gasteiger partial charge in [-0.05, 0) is 6.92 Å². The highest BCUT2D eigenvalue weighted by Gasteiger charge is 2.39. The highest BCUT2D eigenvalue weighted by atomic mass is 16.2. The Morgan fingerprint density at radius 2 is 1.90 bits per heavy atom. The summed E-state index contributed by atoms with van der Waals surface area (Å²) in [7, 11) is 0. The van der Waals surface area contributed by atoms with E-state index in [2.05, 4.69) is 0 Å². The van der Waals surface area contributed by atoms with E-state index in [9.17, 15) is 9.59 Å². The molecule has 1 atom stereocenters. The first kappa shape index (κ1) is 6.97. The maximum absolute atomic E-state index is 10.8. The summed E-state index contributed by atoms with van der Waals surface area (Å²) in [4.78, 5) is 21.5. The summed E-state index contributed by atoms with van der Waals surface area (Å²) >= 11 is 0. The highest BCUT2D eigenvalue weighted by Crippen LogP contribution is 2.07. The molecule has 0 aliphatic carbocycles. The number of nitrogens with zero attached hydrogens (tertiary/aromatic N) is 2. The molecule has 1 heterocycles. The maximum atomic E-state index is 10.8. The van der Waals surface area contributed by atoms with E-state index in [-0.39, 0.29) is 0 Å². The third kappa shape index (κ3) is 0.662. The third-order valence-corrected chi connectivity index (χ3v) is 1.44. The van der Waals surface area contributed by atoms with Crippen molar-refractivity contribution in [3.05, 3.63) is 0 Å². The first-order chi connectivity index (χ1) is 4.55. The largest absolute Gasteiger partial charge is 0.356 e. The molecule has 6 heteroatoms. The van der Waals surface area contributed by atoms with Crippen molar-refractivity contribution < 1.29 is 9.59 Å². The van der Waals surface area contributed by atoms with Crippen LogP contribution in [-0.2, 0) is 4.79 Å². The van der Waals surface area contributed by atoms with Crippen LogP contribution in [0.1, 0.15) is 6.92 Å². The van der Waals surface area contributed by atoms with Crippen LogP contribution in [0, 0.1) is 0 Å². The Morgan fingerprint density at radius 3 is 2.00 bits per heavy atom. The molecule has 0 saturated carbocycles. The molecule has 1 saturated heterocycles. The summed E-state index contributed by atoms with van der Waals surface area (Å²) in [5.41, 5.74) is 0. The van der Waals surface area contributed by atoms with E-state index < -0.39 is 18.0 Å². The van der Waals surface area contributed by atoms with E-state index in [4.69, 9.17) is 11.7 Å². The van der Waals surface area contributed by atoms with Crippen molar-refractivity contribution in [1.82, 2.24) is 10.0 Å². The Labute approximate surface area is 57.3 Å². The smallest absolute Gasteiger partial charge is 0.270 e. The van der Waals surface area contributed by atoms with Crippen molar-refractivity contribution in [2.75, 3.05) is 0 Å². The number of amides is 3. The van der Waals surface area contributed by atoms with Gasteiger partial charge in [0.2, 0.25) is 0 Å². The average Bonchev–Trinajstić information content (AvgIpc) is 2.07. The molecule has 0 aromatic rings. The quantitative estimate of drug-likeness (QED) is 0.243. The first-order valence-corrected chi connectivity index (χ1v) is 2.72. The zero-order chi connectivity index (χ0) is 7.89. The van der Waals surface area contributed by atoms with Crippen LogP contribution in [0.15, 0.2) is 0 Å². The Balaban J connectivity index is 2.89. The van der Waals surface area contributed by atoms with E-state index >= 15 is 0 Å². The van der Waals surface area contributed by atoms with Gasteiger partial charge in [0.1, 0.15) is 6.04 Å². The van der Waals surface area contributed by atoms with Gasteiger partial charge in [-0.15, -0.1) is 0 Å². The van der Waals surface area contributed by atoms with Gasteiger partial charge in [0.05, 0.1) is 0 Å². The second-order valence-corrected chi connectivity index (χ2v) is 2.07. The van der Waals surface area contributed by atoms with E-state index in [0.717, 1.165) is 5.01 Å². The molecule has 1 aliphatic rings. The highest BCUT2D eigenvalue weighted by molar-refractivity contribution is 6.02. The molecule has 0 aromatic carbocycles. The molecular weight excluding hydrogens is 136 g/mol. The topological polar surface area (TPSA) is 92.7 Å². The van der Waals surface area contributed by atoms with E-state index in [1.54, 1.807) is 0 Å². The number of carbonyl (C=O) groups excluding carboxylic acids is 2. The Morgan fingerprint density at radius 1 is 1.40 bits per heavy atom. The number of hydrogen-bond acceptors (Lipinski definition) is 4. The lowest BCUT2D eigenvalue weighted by Gasteiger charge is -2.08. The van der Waals surface area contributed by atoms with Gasteiger partial charge < -0.3 is 0 Å². The predicted octanol–water partition coefficient (Wildman–Crippen LogP) is -1.61. The first-order valence-electron chi connectivity index (χ1n) is 2.72. The number of urea groups is 1. The molecule has 56 valence electrons. The van der Waals surface area contributed by atoms with Gasteiger partial charge in [-0.25, -0.2) is 21.5 Å². The Hall–Kier alpha value is -1.14. The monoisotopic (exact) mass is 144 g/mol. The summed E-state index contributed by atoms with van der Waals surface area (Å²) in [6.07, 6.45) is 0. The summed E-state index contributed by atoms with van der Waals surface area (Å²) in [6, 6.07) is -1.31. The normalized spacial score (nSPS) is 26.5. The molecule has 3 amide bonds. The van der Waals surface area contributed by atoms with Crippen molar-refractivity contribution in [3.63, 3.8) is 0 Å². The zero-order valence-electron chi connectivity index (χ0n) is 5.44. The SMILES string of the molecule is CC1C(=O)N(N)C(=O)N1N. The fraction of sp³-hybridized carbons (Fsp3) is 0.500. The van der Waals surface area contributed by atoms with Gasteiger partial charge in [-0.3, -0.25) is 4.79 Å². The summed E-state index contributed by atoms with van der Waals surface area (Å²) in [5.74, 6) is 9.68. The minimum Gasteiger partial charge on any atom is -0.270 e. The van der Waals surface area contributed by atoms with Crippen molar-refractivity contribution in [3.8, 4) is 0 Å². The van der Waals surface area contributed by atoms with E-state index in [0.29, 0.717) is 5.01 Å². The van der Waals surface area contributed by atoms with Crippen LogP contribution < -0.4 is 11.7 Å². The number of rotatable bonds is 0. The van der Waals surface area contributed by atoms with Crippen LogP contribution >= 0.6 is 0 Å². The molecule has 6 nitrogen and oxygen atoms in total. The fourth-order valence-corrected chi connectivity index (χ4v) is 0.705. The molecule has 1 rings (SSSR count). The van der Waals surface area contributed by atoms with E-state index in [1.165, 1.54) is 6.92 Å². The molecule has 1 fully saturated rings.